The summed E-state index contributed by atoms with van der Waals surface area (Å²) < 4.78 is 44.4. The van der Waals surface area contributed by atoms with Crippen LogP contribution in [0.4, 0.5) is 10.1 Å². The number of benzene rings is 2. The Morgan fingerprint density at radius 2 is 1.72 bits per heavy atom. The highest BCUT2D eigenvalue weighted by Gasteiger charge is 2.43. The lowest BCUT2D eigenvalue weighted by Gasteiger charge is -2.22. The summed E-state index contributed by atoms with van der Waals surface area (Å²) in [6, 6.07) is 8.62. The van der Waals surface area contributed by atoms with Crippen LogP contribution in [0.2, 0.25) is 0 Å². The van der Waals surface area contributed by atoms with Crippen molar-refractivity contribution in [2.75, 3.05) is 24.7 Å². The Labute approximate surface area is 185 Å². The second kappa shape index (κ2) is 8.19. The van der Waals surface area contributed by atoms with E-state index in [0.29, 0.717) is 10.9 Å². The Bertz CT molecular complexity index is 1340. The summed E-state index contributed by atoms with van der Waals surface area (Å²) in [5.41, 5.74) is 0.736. The summed E-state index contributed by atoms with van der Waals surface area (Å²) in [5, 5.41) is 0.357. The van der Waals surface area contributed by atoms with Gasteiger partial charge in [-0.05, 0) is 29.8 Å². The SMILES string of the molecule is C.COc1c2c(c(N(C)S(C)(=O)=O)c3cccnc13)C(=O)N(Cc1ccc(F)cc1)C2=O. The number of pyridine rings is 1. The molecule has 2 aromatic carbocycles. The van der Waals surface area contributed by atoms with E-state index in [-0.39, 0.29) is 42.1 Å². The first-order valence-electron chi connectivity index (χ1n) is 9.18. The van der Waals surface area contributed by atoms with Gasteiger partial charge in [-0.15, -0.1) is 0 Å². The first kappa shape index (κ1) is 23.1. The molecule has 1 aromatic heterocycles. The molecule has 168 valence electrons. The van der Waals surface area contributed by atoms with Gasteiger partial charge < -0.3 is 4.74 Å². The van der Waals surface area contributed by atoms with E-state index in [1.165, 1.54) is 44.6 Å². The fourth-order valence-corrected chi connectivity index (χ4v) is 4.17. The maximum absolute atomic E-state index is 13.4. The zero-order chi connectivity index (χ0) is 22.5. The highest BCUT2D eigenvalue weighted by atomic mass is 32.2. The minimum absolute atomic E-state index is 0. The monoisotopic (exact) mass is 459 g/mol. The Hall–Kier alpha value is -3.53. The summed E-state index contributed by atoms with van der Waals surface area (Å²) in [6.07, 6.45) is 2.49. The van der Waals surface area contributed by atoms with Crippen molar-refractivity contribution in [3.8, 4) is 5.75 Å². The number of imide groups is 1. The van der Waals surface area contributed by atoms with Crippen molar-refractivity contribution in [3.05, 3.63) is 65.1 Å². The molecule has 4 rings (SSSR count). The molecule has 8 nitrogen and oxygen atoms in total. The molecule has 0 unspecified atom stereocenters. The van der Waals surface area contributed by atoms with E-state index in [2.05, 4.69) is 4.98 Å². The number of carbonyl (C=O) groups excluding carboxylic acids is 2. The molecule has 0 fully saturated rings. The molecule has 0 atom stereocenters. The molecule has 2 amide bonds. The van der Waals surface area contributed by atoms with Gasteiger partial charge >= 0.3 is 0 Å². The van der Waals surface area contributed by atoms with Gasteiger partial charge in [0, 0.05) is 18.6 Å². The molecule has 0 saturated carbocycles. The number of rotatable bonds is 5. The number of anilines is 1. The summed E-state index contributed by atoms with van der Waals surface area (Å²) in [6.45, 7) is -0.110. The fourth-order valence-electron chi connectivity index (χ4n) is 3.64. The minimum Gasteiger partial charge on any atom is -0.494 e. The van der Waals surface area contributed by atoms with Crippen molar-refractivity contribution in [1.29, 1.82) is 0 Å². The predicted molar refractivity (Wildman–Crippen MR) is 119 cm³/mol. The number of aromatic nitrogens is 1. The topological polar surface area (TPSA) is 96.9 Å². The van der Waals surface area contributed by atoms with Crippen LogP contribution >= 0.6 is 0 Å². The van der Waals surface area contributed by atoms with Crippen molar-refractivity contribution in [2.24, 2.45) is 0 Å². The van der Waals surface area contributed by atoms with E-state index >= 15 is 0 Å². The van der Waals surface area contributed by atoms with Gasteiger partial charge in [-0.3, -0.25) is 23.8 Å². The molecule has 0 aliphatic carbocycles. The van der Waals surface area contributed by atoms with Crippen molar-refractivity contribution >= 4 is 38.4 Å². The zero-order valence-electron chi connectivity index (χ0n) is 16.9. The Morgan fingerprint density at radius 1 is 1.09 bits per heavy atom. The maximum atomic E-state index is 13.4. The number of methoxy groups -OCH3 is 1. The summed E-state index contributed by atoms with van der Waals surface area (Å²) >= 11 is 0. The molecule has 1 aliphatic heterocycles. The Kier molecular flexibility index (Phi) is 5.92. The summed E-state index contributed by atoms with van der Waals surface area (Å²) in [4.78, 5) is 31.9. The molecule has 32 heavy (non-hydrogen) atoms. The molecular formula is C22H22FN3O5S. The lowest BCUT2D eigenvalue weighted by molar-refractivity contribution is 0.0641. The lowest BCUT2D eigenvalue weighted by atomic mass is 10.0. The minimum atomic E-state index is -3.77. The molecule has 2 heterocycles. The highest BCUT2D eigenvalue weighted by Crippen LogP contribution is 2.44. The van der Waals surface area contributed by atoms with Gasteiger partial charge in [-0.2, -0.15) is 0 Å². The number of nitrogens with zero attached hydrogens (tertiary/aromatic N) is 3. The zero-order valence-corrected chi connectivity index (χ0v) is 17.7. The molecular weight excluding hydrogens is 437 g/mol. The first-order chi connectivity index (χ1) is 14.6. The number of halogens is 1. The predicted octanol–water partition coefficient (Wildman–Crippen LogP) is 3.21. The van der Waals surface area contributed by atoms with Gasteiger partial charge in [0.05, 0.1) is 36.7 Å². The van der Waals surface area contributed by atoms with E-state index in [1.807, 2.05) is 0 Å². The van der Waals surface area contributed by atoms with E-state index in [4.69, 9.17) is 4.74 Å². The van der Waals surface area contributed by atoms with E-state index < -0.39 is 27.7 Å². The third-order valence-electron chi connectivity index (χ3n) is 5.18. The second-order valence-electron chi connectivity index (χ2n) is 7.08. The number of fused-ring (bicyclic) bond motifs is 2. The van der Waals surface area contributed by atoms with Crippen LogP contribution in [0.1, 0.15) is 33.7 Å². The number of carbonyl (C=O) groups is 2. The van der Waals surface area contributed by atoms with Crippen molar-refractivity contribution in [3.63, 3.8) is 0 Å². The van der Waals surface area contributed by atoms with Gasteiger partial charge in [0.1, 0.15) is 11.3 Å². The second-order valence-corrected chi connectivity index (χ2v) is 9.10. The Balaban J connectivity index is 0.00000289. The number of ether oxygens (including phenoxy) is 1. The fraction of sp³-hybridized carbons (Fsp3) is 0.227. The molecule has 0 radical (unpaired) electrons. The third-order valence-corrected chi connectivity index (χ3v) is 6.36. The van der Waals surface area contributed by atoms with Crippen LogP contribution in [0.5, 0.6) is 5.75 Å². The van der Waals surface area contributed by atoms with Gasteiger partial charge in [0.25, 0.3) is 11.8 Å². The van der Waals surface area contributed by atoms with Crippen LogP contribution in [-0.4, -0.2) is 50.5 Å². The van der Waals surface area contributed by atoms with Gasteiger partial charge in [0.2, 0.25) is 10.0 Å². The van der Waals surface area contributed by atoms with Gasteiger partial charge in [-0.25, -0.2) is 12.8 Å². The molecule has 0 spiro atoms. The van der Waals surface area contributed by atoms with Crippen molar-refractivity contribution in [2.45, 2.75) is 14.0 Å². The molecule has 1 aliphatic rings. The third kappa shape index (κ3) is 3.56. The molecule has 10 heteroatoms. The number of hydrogen-bond acceptors (Lipinski definition) is 6. The normalized spacial score (nSPS) is 13.2. The maximum Gasteiger partial charge on any atom is 0.265 e. The van der Waals surface area contributed by atoms with E-state index in [0.717, 1.165) is 15.5 Å². The molecule has 0 saturated heterocycles. The lowest BCUT2D eigenvalue weighted by Crippen LogP contribution is -2.30. The molecule has 3 aromatic rings. The van der Waals surface area contributed by atoms with E-state index in [9.17, 15) is 22.4 Å². The first-order valence-corrected chi connectivity index (χ1v) is 11.0. The van der Waals surface area contributed by atoms with Crippen LogP contribution in [-0.2, 0) is 16.6 Å². The Morgan fingerprint density at radius 3 is 2.31 bits per heavy atom. The standard InChI is InChI=1S/C21H18FN3O5S.CH4/c1-24(31(3,28)29)18-14-5-4-10-23-17(14)19(30-2)16-15(18)20(26)25(21(16)27)11-12-6-8-13(22)9-7-12;/h4-10H,11H2,1-3H3;1H4. The van der Waals surface area contributed by atoms with Crippen LogP contribution in [0.25, 0.3) is 10.9 Å². The number of hydrogen-bond donors (Lipinski definition) is 0. The van der Waals surface area contributed by atoms with E-state index in [1.54, 1.807) is 12.1 Å². The molecule has 0 N–H and O–H groups in total. The van der Waals surface area contributed by atoms with Crippen molar-refractivity contribution < 1.29 is 27.1 Å². The highest BCUT2D eigenvalue weighted by molar-refractivity contribution is 7.92. The van der Waals surface area contributed by atoms with Crippen LogP contribution in [0.3, 0.4) is 0 Å². The number of sulfonamides is 1. The van der Waals surface area contributed by atoms with Crippen LogP contribution in [0, 0.1) is 5.82 Å². The van der Waals surface area contributed by atoms with Crippen LogP contribution < -0.4 is 9.04 Å². The van der Waals surface area contributed by atoms with Crippen molar-refractivity contribution in [1.82, 2.24) is 9.88 Å². The van der Waals surface area contributed by atoms with Crippen LogP contribution in [0.15, 0.2) is 42.6 Å². The smallest absolute Gasteiger partial charge is 0.265 e. The van der Waals surface area contributed by atoms with Gasteiger partial charge in [0.15, 0.2) is 5.75 Å². The average molecular weight is 459 g/mol. The average Bonchev–Trinajstić information content (AvgIpc) is 2.97. The quantitative estimate of drug-likeness (QED) is 0.544. The summed E-state index contributed by atoms with van der Waals surface area (Å²) in [5.74, 6) is -1.66. The van der Waals surface area contributed by atoms with Gasteiger partial charge in [-0.1, -0.05) is 19.6 Å². The largest absolute Gasteiger partial charge is 0.494 e. The number of amides is 2. The molecule has 0 bridgehead atoms. The summed E-state index contributed by atoms with van der Waals surface area (Å²) in [7, 11) is -1.11.